The number of piperidine rings is 2. The van der Waals surface area contributed by atoms with Crippen LogP contribution in [0.5, 0.6) is 0 Å². The molecule has 1 amide bonds. The SMILES string of the molecule is CC.CN1CC2(CC[NH2+]CC2)CCC1=O.O=C(O)C1=CC=CCCC1. The van der Waals surface area contributed by atoms with Crippen molar-refractivity contribution in [3.05, 3.63) is 23.8 Å². The Morgan fingerprint density at radius 3 is 2.48 bits per heavy atom. The quantitative estimate of drug-likeness (QED) is 0.761. The summed E-state index contributed by atoms with van der Waals surface area (Å²) in [4.78, 5) is 23.7. The minimum atomic E-state index is -0.786. The molecule has 2 fully saturated rings. The van der Waals surface area contributed by atoms with Crippen molar-refractivity contribution >= 4 is 11.9 Å². The molecule has 25 heavy (non-hydrogen) atoms. The fourth-order valence-electron chi connectivity index (χ4n) is 3.68. The van der Waals surface area contributed by atoms with E-state index in [1.807, 2.05) is 37.9 Å². The Bertz CT molecular complexity index is 491. The molecule has 0 bridgehead atoms. The molecule has 1 aliphatic carbocycles. The normalized spacial score (nSPS) is 22.0. The minimum Gasteiger partial charge on any atom is -0.478 e. The minimum absolute atomic E-state index is 0.333. The van der Waals surface area contributed by atoms with E-state index in [0.29, 0.717) is 23.3 Å². The van der Waals surface area contributed by atoms with Crippen molar-refractivity contribution in [2.24, 2.45) is 5.41 Å². The van der Waals surface area contributed by atoms with Crippen LogP contribution in [-0.2, 0) is 9.59 Å². The van der Waals surface area contributed by atoms with Crippen LogP contribution in [0, 0.1) is 5.41 Å². The number of carboxylic acids is 1. The molecule has 3 aliphatic rings. The lowest BCUT2D eigenvalue weighted by atomic mass is 9.73. The molecule has 5 heteroatoms. The highest BCUT2D eigenvalue weighted by Gasteiger charge is 2.39. The number of quaternary nitrogens is 1. The molecule has 2 heterocycles. The van der Waals surface area contributed by atoms with Crippen molar-refractivity contribution in [1.29, 1.82) is 0 Å². The number of rotatable bonds is 1. The lowest BCUT2D eigenvalue weighted by molar-refractivity contribution is -0.668. The van der Waals surface area contributed by atoms with Gasteiger partial charge >= 0.3 is 5.97 Å². The molecule has 5 nitrogen and oxygen atoms in total. The Kier molecular flexibility index (Phi) is 9.50. The van der Waals surface area contributed by atoms with Crippen molar-refractivity contribution in [2.75, 3.05) is 26.7 Å². The predicted octanol–water partition coefficient (Wildman–Crippen LogP) is 2.35. The summed E-state index contributed by atoms with van der Waals surface area (Å²) in [6.45, 7) is 7.50. The topological polar surface area (TPSA) is 74.2 Å². The van der Waals surface area contributed by atoms with Crippen LogP contribution in [0.25, 0.3) is 0 Å². The molecule has 1 spiro atoms. The van der Waals surface area contributed by atoms with Crippen LogP contribution in [0.4, 0.5) is 0 Å². The number of nitrogens with zero attached hydrogens (tertiary/aromatic N) is 1. The first-order valence-corrected chi connectivity index (χ1v) is 9.67. The third kappa shape index (κ3) is 7.02. The van der Waals surface area contributed by atoms with Crippen LogP contribution in [0.1, 0.15) is 58.8 Å². The maximum atomic E-state index is 11.3. The third-order valence-corrected chi connectivity index (χ3v) is 5.15. The monoisotopic (exact) mass is 351 g/mol. The molecule has 0 unspecified atom stereocenters. The molecular formula is C20H35N2O3+. The maximum Gasteiger partial charge on any atom is 0.331 e. The number of allylic oxidation sites excluding steroid dienone is 3. The number of aliphatic carboxylic acids is 1. The number of amides is 1. The first-order valence-electron chi connectivity index (χ1n) is 9.67. The first kappa shape index (κ1) is 21.4. The average molecular weight is 352 g/mol. The Labute approximate surface area is 152 Å². The summed E-state index contributed by atoms with van der Waals surface area (Å²) in [6.07, 6.45) is 12.6. The molecule has 0 aromatic heterocycles. The smallest absolute Gasteiger partial charge is 0.331 e. The van der Waals surface area contributed by atoms with E-state index in [1.54, 1.807) is 6.08 Å². The highest BCUT2D eigenvalue weighted by molar-refractivity contribution is 5.86. The third-order valence-electron chi connectivity index (χ3n) is 5.15. The van der Waals surface area contributed by atoms with Gasteiger partial charge in [0, 0.05) is 38.4 Å². The average Bonchev–Trinajstić information content (AvgIpc) is 2.91. The molecule has 3 N–H and O–H groups in total. The summed E-state index contributed by atoms with van der Waals surface area (Å²) in [5.74, 6) is -0.452. The molecular weight excluding hydrogens is 316 g/mol. The predicted molar refractivity (Wildman–Crippen MR) is 100 cm³/mol. The number of nitrogens with two attached hydrogens (primary N) is 1. The maximum absolute atomic E-state index is 11.3. The molecule has 0 saturated carbocycles. The zero-order chi connectivity index (χ0) is 18.7. The highest BCUT2D eigenvalue weighted by Crippen LogP contribution is 2.36. The highest BCUT2D eigenvalue weighted by atomic mass is 16.4. The van der Waals surface area contributed by atoms with E-state index >= 15 is 0 Å². The van der Waals surface area contributed by atoms with Crippen LogP contribution in [-0.4, -0.2) is 48.6 Å². The largest absolute Gasteiger partial charge is 0.478 e. The van der Waals surface area contributed by atoms with Gasteiger partial charge in [-0.1, -0.05) is 32.1 Å². The van der Waals surface area contributed by atoms with Gasteiger partial charge in [0.15, 0.2) is 0 Å². The number of hydrogen-bond acceptors (Lipinski definition) is 2. The Hall–Kier alpha value is -1.62. The van der Waals surface area contributed by atoms with Gasteiger partial charge in [0.2, 0.25) is 5.91 Å². The molecule has 0 atom stereocenters. The van der Waals surface area contributed by atoms with Crippen LogP contribution >= 0.6 is 0 Å². The summed E-state index contributed by atoms with van der Waals surface area (Å²) in [5.41, 5.74) is 1.01. The zero-order valence-electron chi connectivity index (χ0n) is 16.1. The van der Waals surface area contributed by atoms with Crippen molar-refractivity contribution in [3.63, 3.8) is 0 Å². The van der Waals surface area contributed by atoms with E-state index in [4.69, 9.17) is 5.11 Å². The summed E-state index contributed by atoms with van der Waals surface area (Å²) in [6, 6.07) is 0. The second-order valence-electron chi connectivity index (χ2n) is 6.93. The molecule has 0 radical (unpaired) electrons. The number of carbonyl (C=O) groups is 2. The second kappa shape index (κ2) is 11.1. The van der Waals surface area contributed by atoms with Gasteiger partial charge in [0.05, 0.1) is 13.1 Å². The van der Waals surface area contributed by atoms with E-state index in [0.717, 1.165) is 32.2 Å². The van der Waals surface area contributed by atoms with E-state index in [9.17, 15) is 9.59 Å². The summed E-state index contributed by atoms with van der Waals surface area (Å²) in [5, 5.41) is 11.0. The van der Waals surface area contributed by atoms with E-state index in [2.05, 4.69) is 5.32 Å². The van der Waals surface area contributed by atoms with Gasteiger partial charge in [-0.05, 0) is 31.1 Å². The van der Waals surface area contributed by atoms with Gasteiger partial charge in [-0.25, -0.2) is 4.79 Å². The van der Waals surface area contributed by atoms with Crippen LogP contribution in [0.2, 0.25) is 0 Å². The summed E-state index contributed by atoms with van der Waals surface area (Å²) in [7, 11) is 1.95. The molecule has 3 rings (SSSR count). The summed E-state index contributed by atoms with van der Waals surface area (Å²) < 4.78 is 0. The van der Waals surface area contributed by atoms with Gasteiger partial charge < -0.3 is 15.3 Å². The van der Waals surface area contributed by atoms with Crippen LogP contribution in [0.3, 0.4) is 0 Å². The molecule has 142 valence electrons. The summed E-state index contributed by atoms with van der Waals surface area (Å²) >= 11 is 0. The lowest BCUT2D eigenvalue weighted by Crippen LogP contribution is -2.87. The van der Waals surface area contributed by atoms with Gasteiger partial charge in [-0.2, -0.15) is 0 Å². The lowest BCUT2D eigenvalue weighted by Gasteiger charge is -2.42. The Balaban J connectivity index is 0.000000235. The first-order chi connectivity index (χ1) is 12.0. The molecule has 2 saturated heterocycles. The second-order valence-corrected chi connectivity index (χ2v) is 6.93. The molecule has 0 aromatic carbocycles. The fourth-order valence-corrected chi connectivity index (χ4v) is 3.68. The fraction of sp³-hybridized carbons (Fsp3) is 0.700. The van der Waals surface area contributed by atoms with Gasteiger partial charge in [-0.15, -0.1) is 0 Å². The number of carbonyl (C=O) groups excluding carboxylic acids is 1. The molecule has 2 aliphatic heterocycles. The standard InChI is InChI=1S/C10H18N2O.C8H10O2.C2H6/c1-12-8-10(3-2-9(12)13)4-6-11-7-5-10;9-8(10)7-5-3-1-2-4-6-7;1-2/h11H,2-8H2,1H3;1,3,5H,2,4,6H2,(H,9,10);1-2H3/p+1. The number of hydrogen-bond donors (Lipinski definition) is 2. The van der Waals surface area contributed by atoms with Gasteiger partial charge in [0.1, 0.15) is 0 Å². The Morgan fingerprint density at radius 2 is 1.88 bits per heavy atom. The van der Waals surface area contributed by atoms with Crippen molar-refractivity contribution in [1.82, 2.24) is 4.90 Å². The number of carboxylic acid groups (broad SMARTS) is 1. The van der Waals surface area contributed by atoms with Gasteiger partial charge in [0.25, 0.3) is 0 Å². The Morgan fingerprint density at radius 1 is 1.20 bits per heavy atom. The van der Waals surface area contributed by atoms with E-state index < -0.39 is 5.97 Å². The van der Waals surface area contributed by atoms with Crippen LogP contribution < -0.4 is 5.32 Å². The number of likely N-dealkylation sites (tertiary alicyclic amines) is 1. The van der Waals surface area contributed by atoms with Crippen molar-refractivity contribution in [3.8, 4) is 0 Å². The molecule has 0 aromatic rings. The van der Waals surface area contributed by atoms with Crippen LogP contribution in [0.15, 0.2) is 23.8 Å². The van der Waals surface area contributed by atoms with Crippen molar-refractivity contribution < 1.29 is 20.0 Å². The van der Waals surface area contributed by atoms with Gasteiger partial charge in [-0.3, -0.25) is 4.79 Å². The van der Waals surface area contributed by atoms with E-state index in [-0.39, 0.29) is 0 Å². The van der Waals surface area contributed by atoms with E-state index in [1.165, 1.54) is 25.9 Å². The van der Waals surface area contributed by atoms with Crippen molar-refractivity contribution in [2.45, 2.75) is 58.8 Å². The zero-order valence-corrected chi connectivity index (χ0v) is 16.1.